The molecule has 2 aromatic rings. The zero-order chi connectivity index (χ0) is 14.7. The Morgan fingerprint density at radius 2 is 1.95 bits per heavy atom. The average Bonchev–Trinajstić information content (AvgIpc) is 3.33. The van der Waals surface area contributed by atoms with Crippen LogP contribution in [0.2, 0.25) is 0 Å². The molecule has 0 amide bonds. The van der Waals surface area contributed by atoms with Crippen LogP contribution in [0.5, 0.6) is 11.8 Å². The van der Waals surface area contributed by atoms with Gasteiger partial charge in [0.05, 0.1) is 12.3 Å². The second kappa shape index (κ2) is 6.04. The second-order valence-electron chi connectivity index (χ2n) is 5.47. The first-order valence-corrected chi connectivity index (χ1v) is 7.33. The van der Waals surface area contributed by atoms with Crippen LogP contribution in [-0.2, 0) is 0 Å². The molecule has 1 heterocycles. The third-order valence-corrected chi connectivity index (χ3v) is 3.58. The van der Waals surface area contributed by atoms with Crippen molar-refractivity contribution in [2.24, 2.45) is 5.92 Å². The van der Waals surface area contributed by atoms with Crippen molar-refractivity contribution in [3.63, 3.8) is 0 Å². The van der Waals surface area contributed by atoms with E-state index < -0.39 is 0 Å². The van der Waals surface area contributed by atoms with Crippen LogP contribution in [0.1, 0.15) is 31.4 Å². The monoisotopic (exact) mass is 284 g/mol. The average molecular weight is 284 g/mol. The van der Waals surface area contributed by atoms with Gasteiger partial charge >= 0.3 is 0 Å². The Morgan fingerprint density at radius 3 is 2.67 bits per heavy atom. The van der Waals surface area contributed by atoms with Crippen molar-refractivity contribution in [3.8, 4) is 11.8 Å². The zero-order valence-corrected chi connectivity index (χ0v) is 12.2. The van der Waals surface area contributed by atoms with Crippen molar-refractivity contribution in [1.82, 2.24) is 4.98 Å². The van der Waals surface area contributed by atoms with Gasteiger partial charge in [0.2, 0.25) is 11.8 Å². The van der Waals surface area contributed by atoms with Gasteiger partial charge in [0.15, 0.2) is 0 Å². The maximum absolute atomic E-state index is 5.89. The van der Waals surface area contributed by atoms with Crippen LogP contribution in [0.15, 0.2) is 42.5 Å². The summed E-state index contributed by atoms with van der Waals surface area (Å²) in [6, 6.07) is 13.6. The molecule has 3 rings (SSSR count). The molecule has 0 bridgehead atoms. The van der Waals surface area contributed by atoms with Crippen LogP contribution in [0.25, 0.3) is 0 Å². The molecule has 4 heteroatoms. The summed E-state index contributed by atoms with van der Waals surface area (Å²) in [4.78, 5) is 4.37. The molecule has 1 aromatic carbocycles. The SMILES string of the molecule is CC(Oc1ccc(N)c(OCC2CC2)n1)c1ccccc1. The molecule has 21 heavy (non-hydrogen) atoms. The largest absolute Gasteiger partial charge is 0.476 e. The highest BCUT2D eigenvalue weighted by molar-refractivity contribution is 5.49. The fraction of sp³-hybridized carbons (Fsp3) is 0.353. The lowest BCUT2D eigenvalue weighted by Crippen LogP contribution is -2.07. The number of anilines is 1. The van der Waals surface area contributed by atoms with E-state index in [4.69, 9.17) is 15.2 Å². The Labute approximate surface area is 124 Å². The summed E-state index contributed by atoms with van der Waals surface area (Å²) in [5.41, 5.74) is 7.55. The molecule has 0 radical (unpaired) electrons. The molecule has 110 valence electrons. The Morgan fingerprint density at radius 1 is 1.19 bits per heavy atom. The van der Waals surface area contributed by atoms with E-state index in [2.05, 4.69) is 4.98 Å². The first-order chi connectivity index (χ1) is 10.2. The Bertz CT molecular complexity index is 597. The van der Waals surface area contributed by atoms with Gasteiger partial charge in [0.25, 0.3) is 0 Å². The molecular formula is C17H20N2O2. The topological polar surface area (TPSA) is 57.4 Å². The number of nitrogen functional groups attached to an aromatic ring is 1. The first kappa shape index (κ1) is 13.7. The number of hydrogen-bond donors (Lipinski definition) is 1. The number of benzene rings is 1. The number of nitrogens with two attached hydrogens (primary N) is 1. The lowest BCUT2D eigenvalue weighted by atomic mass is 10.1. The van der Waals surface area contributed by atoms with Gasteiger partial charge in [-0.05, 0) is 37.3 Å². The summed E-state index contributed by atoms with van der Waals surface area (Å²) in [6.45, 7) is 2.69. The first-order valence-electron chi connectivity index (χ1n) is 7.33. The highest BCUT2D eigenvalue weighted by atomic mass is 16.5. The van der Waals surface area contributed by atoms with Gasteiger partial charge in [-0.25, -0.2) is 0 Å². The van der Waals surface area contributed by atoms with Gasteiger partial charge in [-0.1, -0.05) is 30.3 Å². The highest BCUT2D eigenvalue weighted by Gasteiger charge is 2.22. The minimum Gasteiger partial charge on any atom is -0.476 e. The van der Waals surface area contributed by atoms with E-state index in [9.17, 15) is 0 Å². The Balaban J connectivity index is 1.68. The number of hydrogen-bond acceptors (Lipinski definition) is 4. The Hall–Kier alpha value is -2.23. The minimum absolute atomic E-state index is 0.0707. The molecule has 1 atom stereocenters. The van der Waals surface area contributed by atoms with Gasteiger partial charge in [-0.3, -0.25) is 0 Å². The number of aromatic nitrogens is 1. The third kappa shape index (κ3) is 3.66. The lowest BCUT2D eigenvalue weighted by Gasteiger charge is -2.15. The molecule has 1 aliphatic rings. The van der Waals surface area contributed by atoms with Gasteiger partial charge in [-0.15, -0.1) is 0 Å². The maximum Gasteiger partial charge on any atom is 0.240 e. The minimum atomic E-state index is -0.0707. The van der Waals surface area contributed by atoms with E-state index in [1.54, 1.807) is 12.1 Å². The second-order valence-corrected chi connectivity index (χ2v) is 5.47. The lowest BCUT2D eigenvalue weighted by molar-refractivity contribution is 0.211. The van der Waals surface area contributed by atoms with Gasteiger partial charge in [0.1, 0.15) is 6.10 Å². The molecule has 1 unspecified atom stereocenters. The number of pyridine rings is 1. The molecule has 1 aliphatic carbocycles. The maximum atomic E-state index is 5.89. The van der Waals surface area contributed by atoms with Crippen molar-refractivity contribution >= 4 is 5.69 Å². The molecule has 0 saturated heterocycles. The molecule has 2 N–H and O–H groups in total. The van der Waals surface area contributed by atoms with E-state index in [0.29, 0.717) is 30.0 Å². The number of nitrogens with zero attached hydrogens (tertiary/aromatic N) is 1. The van der Waals surface area contributed by atoms with Crippen molar-refractivity contribution in [2.75, 3.05) is 12.3 Å². The third-order valence-electron chi connectivity index (χ3n) is 3.58. The summed E-state index contributed by atoms with van der Waals surface area (Å²) in [5, 5.41) is 0. The zero-order valence-electron chi connectivity index (χ0n) is 12.2. The van der Waals surface area contributed by atoms with Gasteiger partial charge in [0, 0.05) is 6.07 Å². The van der Waals surface area contributed by atoms with Crippen LogP contribution in [0, 0.1) is 5.92 Å². The molecule has 1 saturated carbocycles. The molecule has 0 aliphatic heterocycles. The molecule has 4 nitrogen and oxygen atoms in total. The van der Waals surface area contributed by atoms with Crippen molar-refractivity contribution in [3.05, 3.63) is 48.0 Å². The summed E-state index contributed by atoms with van der Waals surface area (Å²) < 4.78 is 11.5. The molecule has 0 spiro atoms. The smallest absolute Gasteiger partial charge is 0.240 e. The fourth-order valence-electron chi connectivity index (χ4n) is 2.07. The van der Waals surface area contributed by atoms with Crippen LogP contribution in [0.3, 0.4) is 0 Å². The van der Waals surface area contributed by atoms with E-state index >= 15 is 0 Å². The summed E-state index contributed by atoms with van der Waals surface area (Å²) in [7, 11) is 0. The summed E-state index contributed by atoms with van der Waals surface area (Å²) in [6.07, 6.45) is 2.40. The van der Waals surface area contributed by atoms with Crippen LogP contribution < -0.4 is 15.2 Å². The quantitative estimate of drug-likeness (QED) is 0.880. The van der Waals surface area contributed by atoms with Gasteiger partial charge < -0.3 is 15.2 Å². The van der Waals surface area contributed by atoms with E-state index in [1.807, 2.05) is 37.3 Å². The normalized spacial score (nSPS) is 15.5. The number of ether oxygens (including phenoxy) is 2. The van der Waals surface area contributed by atoms with Crippen molar-refractivity contribution < 1.29 is 9.47 Å². The number of rotatable bonds is 6. The van der Waals surface area contributed by atoms with Crippen LogP contribution in [0.4, 0.5) is 5.69 Å². The standard InChI is InChI=1S/C17H20N2O2/c1-12(14-5-3-2-4-6-14)21-16-10-9-15(18)17(19-16)20-11-13-7-8-13/h2-6,9-10,12-13H,7-8,11,18H2,1H3. The van der Waals surface area contributed by atoms with E-state index in [1.165, 1.54) is 12.8 Å². The highest BCUT2D eigenvalue weighted by Crippen LogP contribution is 2.31. The summed E-state index contributed by atoms with van der Waals surface area (Å²) >= 11 is 0. The summed E-state index contributed by atoms with van der Waals surface area (Å²) in [5.74, 6) is 1.67. The Kier molecular flexibility index (Phi) is 3.95. The predicted molar refractivity (Wildman–Crippen MR) is 82.4 cm³/mol. The van der Waals surface area contributed by atoms with Crippen LogP contribution >= 0.6 is 0 Å². The molecule has 1 aromatic heterocycles. The van der Waals surface area contributed by atoms with E-state index in [-0.39, 0.29) is 6.10 Å². The van der Waals surface area contributed by atoms with Crippen LogP contribution in [-0.4, -0.2) is 11.6 Å². The van der Waals surface area contributed by atoms with Crippen molar-refractivity contribution in [2.45, 2.75) is 25.9 Å². The molecular weight excluding hydrogens is 264 g/mol. The fourth-order valence-corrected chi connectivity index (χ4v) is 2.07. The van der Waals surface area contributed by atoms with Crippen molar-refractivity contribution in [1.29, 1.82) is 0 Å². The van der Waals surface area contributed by atoms with Gasteiger partial charge in [-0.2, -0.15) is 4.98 Å². The molecule has 1 fully saturated rings. The predicted octanol–water partition coefficient (Wildman–Crippen LogP) is 3.59. The van der Waals surface area contributed by atoms with E-state index in [0.717, 1.165) is 5.56 Å².